The molecule has 6 nitrogen and oxygen atoms in total. The maximum absolute atomic E-state index is 12.1. The summed E-state index contributed by atoms with van der Waals surface area (Å²) in [6.45, 7) is 5.79. The molecular weight excluding hydrogens is 250 g/mol. The van der Waals surface area contributed by atoms with Gasteiger partial charge in [0.2, 0.25) is 0 Å². The smallest absolute Gasteiger partial charge is 0.411 e. The number of esters is 1. The number of amides is 1. The summed E-state index contributed by atoms with van der Waals surface area (Å²) >= 11 is 0. The highest BCUT2D eigenvalue weighted by molar-refractivity contribution is 5.82. The highest BCUT2D eigenvalue weighted by Gasteiger charge is 2.41. The van der Waals surface area contributed by atoms with Gasteiger partial charge in [-0.2, -0.15) is 0 Å². The van der Waals surface area contributed by atoms with Crippen LogP contribution in [-0.2, 0) is 14.3 Å². The van der Waals surface area contributed by atoms with Crippen LogP contribution in [0.25, 0.3) is 0 Å². The normalized spacial score (nSPS) is 23.3. The third kappa shape index (κ3) is 4.38. The molecule has 0 bridgehead atoms. The zero-order chi connectivity index (χ0) is 14.6. The second-order valence-electron chi connectivity index (χ2n) is 5.79. The van der Waals surface area contributed by atoms with Gasteiger partial charge in [0, 0.05) is 13.2 Å². The summed E-state index contributed by atoms with van der Waals surface area (Å²) in [7, 11) is 1.30. The third-order valence-corrected chi connectivity index (χ3v) is 3.03. The Hall–Kier alpha value is -1.30. The van der Waals surface area contributed by atoms with Gasteiger partial charge in [-0.25, -0.2) is 9.59 Å². The summed E-state index contributed by atoms with van der Waals surface area (Å²) < 4.78 is 10.0. The van der Waals surface area contributed by atoms with Crippen LogP contribution in [0.5, 0.6) is 0 Å². The van der Waals surface area contributed by atoms with Crippen molar-refractivity contribution in [2.45, 2.75) is 45.3 Å². The number of hydrogen-bond acceptors (Lipinski definition) is 5. The molecule has 0 aromatic rings. The van der Waals surface area contributed by atoms with Gasteiger partial charge >= 0.3 is 12.1 Å². The molecule has 1 amide bonds. The van der Waals surface area contributed by atoms with Crippen LogP contribution in [0.1, 0.15) is 33.6 Å². The predicted molar refractivity (Wildman–Crippen MR) is 68.6 cm³/mol. The highest BCUT2D eigenvalue weighted by Crippen LogP contribution is 2.28. The van der Waals surface area contributed by atoms with Crippen molar-refractivity contribution in [1.82, 2.24) is 4.90 Å². The summed E-state index contributed by atoms with van der Waals surface area (Å²) in [6.07, 6.45) is 0.558. The SMILES string of the molecule is COC(=O)C1CC(CCO)CN1C(=O)OC(C)(C)C. The number of aliphatic hydroxyl groups excluding tert-OH is 1. The van der Waals surface area contributed by atoms with Gasteiger partial charge in [0.05, 0.1) is 7.11 Å². The first-order valence-corrected chi connectivity index (χ1v) is 6.46. The van der Waals surface area contributed by atoms with Crippen molar-refractivity contribution >= 4 is 12.1 Å². The number of hydrogen-bond donors (Lipinski definition) is 1. The van der Waals surface area contributed by atoms with Crippen molar-refractivity contribution in [3.05, 3.63) is 0 Å². The lowest BCUT2D eigenvalue weighted by molar-refractivity contribution is -0.145. The lowest BCUT2D eigenvalue weighted by Crippen LogP contribution is -2.43. The number of carbonyl (C=O) groups excluding carboxylic acids is 2. The van der Waals surface area contributed by atoms with Crippen LogP contribution in [0.3, 0.4) is 0 Å². The van der Waals surface area contributed by atoms with Gasteiger partial charge in [-0.15, -0.1) is 0 Å². The molecule has 19 heavy (non-hydrogen) atoms. The zero-order valence-corrected chi connectivity index (χ0v) is 12.0. The van der Waals surface area contributed by atoms with Crippen LogP contribution in [0.15, 0.2) is 0 Å². The van der Waals surface area contributed by atoms with E-state index in [1.54, 1.807) is 20.8 Å². The predicted octanol–water partition coefficient (Wildman–Crippen LogP) is 1.17. The molecular formula is C13H23NO5. The molecule has 1 heterocycles. The lowest BCUT2D eigenvalue weighted by atomic mass is 10.0. The van der Waals surface area contributed by atoms with Gasteiger partial charge in [0.1, 0.15) is 11.6 Å². The maximum Gasteiger partial charge on any atom is 0.411 e. The van der Waals surface area contributed by atoms with Gasteiger partial charge in [-0.05, 0) is 39.5 Å². The second-order valence-corrected chi connectivity index (χ2v) is 5.79. The molecule has 0 spiro atoms. The van der Waals surface area contributed by atoms with E-state index in [2.05, 4.69) is 0 Å². The molecule has 0 aromatic heterocycles. The van der Waals surface area contributed by atoms with Crippen molar-refractivity contribution in [3.8, 4) is 0 Å². The third-order valence-electron chi connectivity index (χ3n) is 3.03. The monoisotopic (exact) mass is 273 g/mol. The molecule has 1 rings (SSSR count). The summed E-state index contributed by atoms with van der Waals surface area (Å²) in [6, 6.07) is -0.614. The summed E-state index contributed by atoms with van der Waals surface area (Å²) in [5.41, 5.74) is -0.604. The second kappa shape index (κ2) is 6.23. The van der Waals surface area contributed by atoms with Crippen LogP contribution in [0, 0.1) is 5.92 Å². The molecule has 1 aliphatic heterocycles. The average molecular weight is 273 g/mol. The maximum atomic E-state index is 12.1. The molecule has 6 heteroatoms. The summed E-state index contributed by atoms with van der Waals surface area (Å²) in [4.78, 5) is 25.2. The Morgan fingerprint density at radius 2 is 2.00 bits per heavy atom. The molecule has 0 aromatic carbocycles. The lowest BCUT2D eigenvalue weighted by Gasteiger charge is -2.27. The van der Waals surface area contributed by atoms with E-state index in [4.69, 9.17) is 14.6 Å². The Morgan fingerprint density at radius 3 is 2.47 bits per heavy atom. The van der Waals surface area contributed by atoms with E-state index in [9.17, 15) is 9.59 Å². The molecule has 1 N–H and O–H groups in total. The quantitative estimate of drug-likeness (QED) is 0.781. The van der Waals surface area contributed by atoms with Gasteiger partial charge in [0.15, 0.2) is 0 Å². The molecule has 1 aliphatic rings. The van der Waals surface area contributed by atoms with Crippen molar-refractivity contribution in [3.63, 3.8) is 0 Å². The molecule has 0 saturated carbocycles. The molecule has 0 aliphatic carbocycles. The Labute approximate surface area is 113 Å². The number of ether oxygens (including phenoxy) is 2. The minimum absolute atomic E-state index is 0.0424. The first kappa shape index (κ1) is 15.8. The zero-order valence-electron chi connectivity index (χ0n) is 12.0. The fourth-order valence-electron chi connectivity index (χ4n) is 2.20. The molecule has 2 atom stereocenters. The molecule has 1 fully saturated rings. The van der Waals surface area contributed by atoms with Crippen LogP contribution in [-0.4, -0.2) is 54.0 Å². The van der Waals surface area contributed by atoms with Crippen molar-refractivity contribution in [2.24, 2.45) is 5.92 Å². The van der Waals surface area contributed by atoms with E-state index in [0.717, 1.165) is 0 Å². The standard InChI is InChI=1S/C13H23NO5/c1-13(2,3)19-12(17)14-8-9(5-6-15)7-10(14)11(16)18-4/h9-10,15H,5-8H2,1-4H3. The molecule has 1 saturated heterocycles. The van der Waals surface area contributed by atoms with Crippen molar-refractivity contribution in [2.75, 3.05) is 20.3 Å². The topological polar surface area (TPSA) is 76.1 Å². The number of nitrogens with zero attached hydrogens (tertiary/aromatic N) is 1. The molecule has 110 valence electrons. The Kier molecular flexibility index (Phi) is 5.17. The number of rotatable bonds is 3. The first-order valence-electron chi connectivity index (χ1n) is 6.46. The molecule has 0 radical (unpaired) electrons. The van der Waals surface area contributed by atoms with E-state index in [-0.39, 0.29) is 12.5 Å². The van der Waals surface area contributed by atoms with E-state index in [1.165, 1.54) is 12.0 Å². The van der Waals surface area contributed by atoms with Crippen LogP contribution >= 0.6 is 0 Å². The Morgan fingerprint density at radius 1 is 1.37 bits per heavy atom. The molecule has 2 unspecified atom stereocenters. The van der Waals surface area contributed by atoms with Crippen LogP contribution in [0.2, 0.25) is 0 Å². The van der Waals surface area contributed by atoms with Crippen molar-refractivity contribution < 1.29 is 24.2 Å². The van der Waals surface area contributed by atoms with Gasteiger partial charge in [0.25, 0.3) is 0 Å². The van der Waals surface area contributed by atoms with Crippen molar-refractivity contribution in [1.29, 1.82) is 0 Å². The average Bonchev–Trinajstić information content (AvgIpc) is 2.70. The van der Waals surface area contributed by atoms with E-state index in [0.29, 0.717) is 19.4 Å². The number of methoxy groups -OCH3 is 1. The van der Waals surface area contributed by atoms with Crippen LogP contribution < -0.4 is 0 Å². The minimum atomic E-state index is -0.614. The number of likely N-dealkylation sites (tertiary alicyclic amines) is 1. The fraction of sp³-hybridized carbons (Fsp3) is 0.846. The van der Waals surface area contributed by atoms with E-state index < -0.39 is 23.7 Å². The minimum Gasteiger partial charge on any atom is -0.467 e. The highest BCUT2D eigenvalue weighted by atomic mass is 16.6. The van der Waals surface area contributed by atoms with Gasteiger partial charge in [-0.1, -0.05) is 0 Å². The summed E-state index contributed by atoms with van der Waals surface area (Å²) in [5.74, 6) is -0.340. The number of carbonyl (C=O) groups is 2. The van der Waals surface area contributed by atoms with Crippen LogP contribution in [0.4, 0.5) is 4.79 Å². The van der Waals surface area contributed by atoms with Gasteiger partial charge in [-0.3, -0.25) is 4.90 Å². The van der Waals surface area contributed by atoms with Gasteiger partial charge < -0.3 is 14.6 Å². The largest absolute Gasteiger partial charge is 0.467 e. The number of aliphatic hydroxyl groups is 1. The van der Waals surface area contributed by atoms with E-state index >= 15 is 0 Å². The van der Waals surface area contributed by atoms with E-state index in [1.807, 2.05) is 0 Å². The fourth-order valence-corrected chi connectivity index (χ4v) is 2.20. The first-order chi connectivity index (χ1) is 8.78. The Balaban J connectivity index is 2.76. The Bertz CT molecular complexity index is 336. The summed E-state index contributed by atoms with van der Waals surface area (Å²) in [5, 5.41) is 8.97.